The summed E-state index contributed by atoms with van der Waals surface area (Å²) in [5.41, 5.74) is 1.84. The van der Waals surface area contributed by atoms with Crippen molar-refractivity contribution < 1.29 is 4.57 Å². The first kappa shape index (κ1) is 14.1. The van der Waals surface area contributed by atoms with Crippen LogP contribution in [-0.2, 0) is 14.1 Å². The van der Waals surface area contributed by atoms with Crippen LogP contribution in [0, 0.1) is 0 Å². The molecule has 0 amide bonds. The molecule has 0 aliphatic heterocycles. The molecule has 0 unspecified atom stereocenters. The first-order valence-corrected chi connectivity index (χ1v) is 7.28. The van der Waals surface area contributed by atoms with Crippen LogP contribution in [0.4, 0.5) is 0 Å². The van der Waals surface area contributed by atoms with Crippen molar-refractivity contribution in [3.05, 3.63) is 58.6 Å². The lowest BCUT2D eigenvalue weighted by Gasteiger charge is -2.02. The third kappa shape index (κ3) is 2.43. The van der Waals surface area contributed by atoms with Gasteiger partial charge in [0.1, 0.15) is 0 Å². The van der Waals surface area contributed by atoms with Gasteiger partial charge in [0.05, 0.1) is 35.3 Å². The van der Waals surface area contributed by atoms with Crippen molar-refractivity contribution in [1.29, 1.82) is 0 Å². The number of benzene rings is 2. The first-order chi connectivity index (χ1) is 10.1. The van der Waals surface area contributed by atoms with E-state index in [9.17, 15) is 0 Å². The van der Waals surface area contributed by atoms with Crippen LogP contribution in [0.15, 0.2) is 48.5 Å². The molecule has 0 saturated carbocycles. The summed E-state index contributed by atoms with van der Waals surface area (Å²) in [5.74, 6) is 1.73. The second kappa shape index (κ2) is 5.51. The van der Waals surface area contributed by atoms with Crippen molar-refractivity contribution in [2.24, 2.45) is 14.1 Å². The molecule has 0 N–H and O–H groups in total. The predicted octanol–water partition coefficient (Wildman–Crippen LogP) is 3.89. The Bertz CT molecular complexity index is 809. The molecule has 0 radical (unpaired) electrons. The lowest BCUT2D eigenvalue weighted by molar-refractivity contribution is -0.649. The molecule has 106 valence electrons. The fraction of sp³-hybridized carbons (Fsp3) is 0.125. The van der Waals surface area contributed by atoms with Crippen LogP contribution in [0.1, 0.15) is 0 Å². The third-order valence-electron chi connectivity index (χ3n) is 3.42. The Hall–Kier alpha value is -1.84. The maximum atomic E-state index is 6.31. The highest BCUT2D eigenvalue weighted by atomic mass is 35.5. The lowest BCUT2D eigenvalue weighted by Crippen LogP contribution is -2.32. The van der Waals surface area contributed by atoms with E-state index in [4.69, 9.17) is 23.2 Å². The van der Waals surface area contributed by atoms with Gasteiger partial charge in [0.15, 0.2) is 0 Å². The number of nitrogens with zero attached hydrogens (tertiary/aromatic N) is 3. The maximum absolute atomic E-state index is 6.31. The average Bonchev–Trinajstić information content (AvgIpc) is 2.75. The largest absolute Gasteiger partial charge is 0.310 e. The summed E-state index contributed by atoms with van der Waals surface area (Å²) in [6.07, 6.45) is 0. The molecule has 0 fully saturated rings. The summed E-state index contributed by atoms with van der Waals surface area (Å²) in [7, 11) is 3.86. The zero-order valence-corrected chi connectivity index (χ0v) is 13.2. The average molecular weight is 319 g/mol. The molecule has 1 heterocycles. The van der Waals surface area contributed by atoms with Gasteiger partial charge in [0.25, 0.3) is 5.82 Å². The summed E-state index contributed by atoms with van der Waals surface area (Å²) in [4.78, 5) is 0. The third-order valence-corrected chi connectivity index (χ3v) is 4.08. The molecule has 3 aromatic rings. The number of aryl methyl sites for hydroxylation is 1. The van der Waals surface area contributed by atoms with E-state index in [-0.39, 0.29) is 0 Å². The van der Waals surface area contributed by atoms with E-state index in [1.165, 1.54) is 0 Å². The van der Waals surface area contributed by atoms with Crippen LogP contribution in [0.2, 0.25) is 10.0 Å². The number of hydrogen-bond acceptors (Lipinski definition) is 1. The highest BCUT2D eigenvalue weighted by Crippen LogP contribution is 2.28. The van der Waals surface area contributed by atoms with Gasteiger partial charge in [-0.1, -0.05) is 47.5 Å². The summed E-state index contributed by atoms with van der Waals surface area (Å²) in [5, 5.41) is 5.97. The molecular formula is C16H14Cl2N3+. The highest BCUT2D eigenvalue weighted by molar-refractivity contribution is 6.33. The SMILES string of the molecule is Cn1nc(-c2ccccc2Cl)[n+](C)c1-c1ccccc1Cl. The lowest BCUT2D eigenvalue weighted by atomic mass is 10.2. The first-order valence-electron chi connectivity index (χ1n) is 6.52. The molecular weight excluding hydrogens is 305 g/mol. The van der Waals surface area contributed by atoms with Crippen molar-refractivity contribution in [3.63, 3.8) is 0 Å². The minimum atomic E-state index is 0.678. The van der Waals surface area contributed by atoms with Gasteiger partial charge in [-0.3, -0.25) is 0 Å². The zero-order valence-electron chi connectivity index (χ0n) is 11.7. The van der Waals surface area contributed by atoms with E-state index in [1.807, 2.05) is 71.9 Å². The van der Waals surface area contributed by atoms with Crippen LogP contribution in [0.3, 0.4) is 0 Å². The van der Waals surface area contributed by atoms with E-state index < -0.39 is 0 Å². The molecule has 3 rings (SSSR count). The number of halogens is 2. The van der Waals surface area contributed by atoms with Gasteiger partial charge >= 0.3 is 5.82 Å². The predicted molar refractivity (Wildman–Crippen MR) is 85.3 cm³/mol. The summed E-state index contributed by atoms with van der Waals surface area (Å²) in [6, 6.07) is 15.4. The number of rotatable bonds is 2. The van der Waals surface area contributed by atoms with Gasteiger partial charge in [0.2, 0.25) is 0 Å². The van der Waals surface area contributed by atoms with Crippen molar-refractivity contribution >= 4 is 23.2 Å². The van der Waals surface area contributed by atoms with Gasteiger partial charge in [-0.25, -0.2) is 4.57 Å². The fourth-order valence-corrected chi connectivity index (χ4v) is 2.89. The van der Waals surface area contributed by atoms with Crippen LogP contribution in [0.25, 0.3) is 22.8 Å². The summed E-state index contributed by atoms with van der Waals surface area (Å²) < 4.78 is 3.82. The molecule has 0 spiro atoms. The van der Waals surface area contributed by atoms with Gasteiger partial charge in [0, 0.05) is 5.10 Å². The normalized spacial score (nSPS) is 10.9. The van der Waals surface area contributed by atoms with E-state index in [0.717, 1.165) is 22.8 Å². The second-order valence-electron chi connectivity index (χ2n) is 4.79. The van der Waals surface area contributed by atoms with E-state index >= 15 is 0 Å². The van der Waals surface area contributed by atoms with Gasteiger partial charge in [-0.15, -0.1) is 4.68 Å². The Morgan fingerprint density at radius 3 is 2.00 bits per heavy atom. The Kier molecular flexibility index (Phi) is 3.70. The Balaban J connectivity index is 2.23. The minimum absolute atomic E-state index is 0.678. The van der Waals surface area contributed by atoms with Gasteiger partial charge in [-0.05, 0) is 24.3 Å². The highest BCUT2D eigenvalue weighted by Gasteiger charge is 2.26. The minimum Gasteiger partial charge on any atom is -0.226 e. The molecule has 5 heteroatoms. The molecule has 0 aliphatic carbocycles. The molecule has 3 nitrogen and oxygen atoms in total. The standard InChI is InChI=1S/C16H14Cl2N3/c1-20-15(11-7-3-5-9-13(11)17)19-21(2)16(20)12-8-4-6-10-14(12)18/h3-10H,1-2H3/q+1. The second-order valence-corrected chi connectivity index (χ2v) is 5.60. The van der Waals surface area contributed by atoms with Crippen molar-refractivity contribution in [2.45, 2.75) is 0 Å². The molecule has 21 heavy (non-hydrogen) atoms. The Morgan fingerprint density at radius 1 is 0.905 bits per heavy atom. The number of aromatic nitrogens is 3. The smallest absolute Gasteiger partial charge is 0.226 e. The van der Waals surface area contributed by atoms with Crippen LogP contribution < -0.4 is 4.57 Å². The van der Waals surface area contributed by atoms with Crippen LogP contribution in [0.5, 0.6) is 0 Å². The Labute approximate surface area is 133 Å². The topological polar surface area (TPSA) is 21.7 Å². The fourth-order valence-electron chi connectivity index (χ4n) is 2.45. The molecule has 0 aliphatic rings. The van der Waals surface area contributed by atoms with Crippen molar-refractivity contribution in [3.8, 4) is 22.8 Å². The van der Waals surface area contributed by atoms with Crippen molar-refractivity contribution in [2.75, 3.05) is 0 Å². The molecule has 0 atom stereocenters. The van der Waals surface area contributed by atoms with Gasteiger partial charge < -0.3 is 0 Å². The van der Waals surface area contributed by atoms with E-state index in [2.05, 4.69) is 5.10 Å². The molecule has 0 saturated heterocycles. The monoisotopic (exact) mass is 318 g/mol. The van der Waals surface area contributed by atoms with E-state index in [0.29, 0.717) is 10.0 Å². The quantitative estimate of drug-likeness (QED) is 0.657. The summed E-state index contributed by atoms with van der Waals surface area (Å²) >= 11 is 12.6. The molecule has 0 bridgehead atoms. The zero-order chi connectivity index (χ0) is 15.0. The summed E-state index contributed by atoms with van der Waals surface area (Å²) in [6.45, 7) is 0. The van der Waals surface area contributed by atoms with Crippen molar-refractivity contribution in [1.82, 2.24) is 9.78 Å². The van der Waals surface area contributed by atoms with Crippen LogP contribution in [-0.4, -0.2) is 9.78 Å². The van der Waals surface area contributed by atoms with Gasteiger partial charge in [-0.2, -0.15) is 0 Å². The van der Waals surface area contributed by atoms with Crippen LogP contribution >= 0.6 is 23.2 Å². The molecule has 2 aromatic carbocycles. The Morgan fingerprint density at radius 2 is 1.43 bits per heavy atom. The number of hydrogen-bond donors (Lipinski definition) is 0. The molecule has 1 aromatic heterocycles. The maximum Gasteiger partial charge on any atom is 0.310 e. The van der Waals surface area contributed by atoms with E-state index in [1.54, 1.807) is 0 Å².